The van der Waals surface area contributed by atoms with E-state index in [4.69, 9.17) is 0 Å². The standard InChI is InChI=1S/C15H31N/c1-3-5-6-9-13-16-15-12-8-7-11-14(15)10-4-2/h14-16H,3-13H2,1-2H3. The van der Waals surface area contributed by atoms with Gasteiger partial charge in [0, 0.05) is 6.04 Å². The predicted molar refractivity (Wildman–Crippen MR) is 72.8 cm³/mol. The first kappa shape index (κ1) is 14.0. The molecule has 1 fully saturated rings. The van der Waals surface area contributed by atoms with Crippen LogP contribution in [-0.2, 0) is 0 Å². The fourth-order valence-electron chi connectivity index (χ4n) is 3.03. The van der Waals surface area contributed by atoms with E-state index in [-0.39, 0.29) is 0 Å². The third-order valence-electron chi connectivity index (χ3n) is 4.01. The summed E-state index contributed by atoms with van der Waals surface area (Å²) in [7, 11) is 0. The summed E-state index contributed by atoms with van der Waals surface area (Å²) in [4.78, 5) is 0. The van der Waals surface area contributed by atoms with E-state index in [9.17, 15) is 0 Å². The Bertz CT molecular complexity index is 154. The molecule has 0 amide bonds. The molecule has 1 aliphatic rings. The lowest BCUT2D eigenvalue weighted by Gasteiger charge is -2.32. The van der Waals surface area contributed by atoms with Crippen LogP contribution < -0.4 is 5.32 Å². The largest absolute Gasteiger partial charge is 0.314 e. The molecule has 2 atom stereocenters. The molecule has 1 N–H and O–H groups in total. The van der Waals surface area contributed by atoms with Gasteiger partial charge in [0.05, 0.1) is 0 Å². The molecule has 0 aromatic rings. The van der Waals surface area contributed by atoms with Gasteiger partial charge in [-0.2, -0.15) is 0 Å². The molecular weight excluding hydrogens is 194 g/mol. The summed E-state index contributed by atoms with van der Waals surface area (Å²) in [5.74, 6) is 0.977. The highest BCUT2D eigenvalue weighted by Crippen LogP contribution is 2.27. The number of unbranched alkanes of at least 4 members (excludes halogenated alkanes) is 3. The fourth-order valence-corrected chi connectivity index (χ4v) is 3.03. The van der Waals surface area contributed by atoms with Gasteiger partial charge < -0.3 is 5.32 Å². The molecule has 1 aliphatic carbocycles. The molecule has 0 heterocycles. The molecule has 0 aliphatic heterocycles. The van der Waals surface area contributed by atoms with Crippen molar-refractivity contribution in [1.82, 2.24) is 5.32 Å². The third-order valence-corrected chi connectivity index (χ3v) is 4.01. The van der Waals surface area contributed by atoms with E-state index in [1.807, 2.05) is 0 Å². The number of hydrogen-bond acceptors (Lipinski definition) is 1. The first-order valence-corrected chi connectivity index (χ1v) is 7.61. The molecule has 96 valence electrons. The van der Waals surface area contributed by atoms with Crippen LogP contribution in [0.2, 0.25) is 0 Å². The van der Waals surface area contributed by atoms with E-state index < -0.39 is 0 Å². The van der Waals surface area contributed by atoms with Crippen molar-refractivity contribution in [3.8, 4) is 0 Å². The molecule has 2 unspecified atom stereocenters. The molecule has 0 radical (unpaired) electrons. The van der Waals surface area contributed by atoms with Gasteiger partial charge in [0.2, 0.25) is 0 Å². The Morgan fingerprint density at radius 2 is 1.75 bits per heavy atom. The monoisotopic (exact) mass is 225 g/mol. The third kappa shape index (κ3) is 5.34. The lowest BCUT2D eigenvalue weighted by molar-refractivity contribution is 0.247. The molecule has 16 heavy (non-hydrogen) atoms. The number of hydrogen-bond donors (Lipinski definition) is 1. The Kier molecular flexibility index (Phi) is 7.92. The predicted octanol–water partition coefficient (Wildman–Crippen LogP) is 4.52. The average Bonchev–Trinajstić information content (AvgIpc) is 2.31. The van der Waals surface area contributed by atoms with Crippen LogP contribution in [0.5, 0.6) is 0 Å². The smallest absolute Gasteiger partial charge is 0.00953 e. The van der Waals surface area contributed by atoms with E-state index >= 15 is 0 Å². The van der Waals surface area contributed by atoms with Crippen molar-refractivity contribution in [2.45, 2.75) is 84.1 Å². The van der Waals surface area contributed by atoms with E-state index in [0.717, 1.165) is 12.0 Å². The molecule has 0 saturated heterocycles. The SMILES string of the molecule is CCCCCCNC1CCCCC1CCC. The highest BCUT2D eigenvalue weighted by Gasteiger charge is 2.23. The summed E-state index contributed by atoms with van der Waals surface area (Å²) < 4.78 is 0. The van der Waals surface area contributed by atoms with Crippen LogP contribution >= 0.6 is 0 Å². The van der Waals surface area contributed by atoms with E-state index in [0.29, 0.717) is 0 Å². The molecule has 1 saturated carbocycles. The minimum absolute atomic E-state index is 0.843. The van der Waals surface area contributed by atoms with Crippen LogP contribution in [-0.4, -0.2) is 12.6 Å². The molecule has 1 heteroatoms. The minimum atomic E-state index is 0.843. The zero-order chi connectivity index (χ0) is 11.6. The van der Waals surface area contributed by atoms with Crippen molar-refractivity contribution in [1.29, 1.82) is 0 Å². The second-order valence-corrected chi connectivity index (χ2v) is 5.45. The van der Waals surface area contributed by atoms with E-state index in [2.05, 4.69) is 19.2 Å². The Morgan fingerprint density at radius 1 is 0.938 bits per heavy atom. The van der Waals surface area contributed by atoms with Gasteiger partial charge in [0.1, 0.15) is 0 Å². The molecule has 1 rings (SSSR count). The van der Waals surface area contributed by atoms with E-state index in [1.54, 1.807) is 0 Å². The summed E-state index contributed by atoms with van der Waals surface area (Å²) in [6.45, 7) is 5.86. The second kappa shape index (κ2) is 9.04. The summed E-state index contributed by atoms with van der Waals surface area (Å²) in [6.07, 6.45) is 14.2. The van der Waals surface area contributed by atoms with Crippen LogP contribution in [0.1, 0.15) is 78.1 Å². The summed E-state index contributed by atoms with van der Waals surface area (Å²) in [5, 5.41) is 3.82. The Hall–Kier alpha value is -0.0400. The topological polar surface area (TPSA) is 12.0 Å². The summed E-state index contributed by atoms with van der Waals surface area (Å²) in [5.41, 5.74) is 0. The zero-order valence-corrected chi connectivity index (χ0v) is 11.4. The van der Waals surface area contributed by atoms with Gasteiger partial charge >= 0.3 is 0 Å². The van der Waals surface area contributed by atoms with Gasteiger partial charge in [0.15, 0.2) is 0 Å². The quantitative estimate of drug-likeness (QED) is 0.599. The van der Waals surface area contributed by atoms with Crippen molar-refractivity contribution in [3.63, 3.8) is 0 Å². The highest BCUT2D eigenvalue weighted by molar-refractivity contribution is 4.80. The maximum Gasteiger partial charge on any atom is 0.00953 e. The first-order valence-electron chi connectivity index (χ1n) is 7.61. The summed E-state index contributed by atoms with van der Waals surface area (Å²) >= 11 is 0. The fraction of sp³-hybridized carbons (Fsp3) is 1.00. The van der Waals surface area contributed by atoms with Crippen LogP contribution in [0.25, 0.3) is 0 Å². The van der Waals surface area contributed by atoms with Gasteiger partial charge in [-0.3, -0.25) is 0 Å². The van der Waals surface area contributed by atoms with Crippen molar-refractivity contribution < 1.29 is 0 Å². The van der Waals surface area contributed by atoms with Gasteiger partial charge in [0.25, 0.3) is 0 Å². The first-order chi connectivity index (χ1) is 7.88. The van der Waals surface area contributed by atoms with Gasteiger partial charge in [-0.05, 0) is 38.1 Å². The maximum absolute atomic E-state index is 3.82. The molecule has 0 spiro atoms. The average molecular weight is 225 g/mol. The molecule has 0 aromatic carbocycles. The van der Waals surface area contributed by atoms with E-state index in [1.165, 1.54) is 70.8 Å². The molecule has 0 aromatic heterocycles. The van der Waals surface area contributed by atoms with Crippen LogP contribution in [0, 0.1) is 5.92 Å². The minimum Gasteiger partial charge on any atom is -0.314 e. The van der Waals surface area contributed by atoms with Crippen LogP contribution in [0.15, 0.2) is 0 Å². The van der Waals surface area contributed by atoms with Gasteiger partial charge in [-0.1, -0.05) is 52.4 Å². The van der Waals surface area contributed by atoms with Gasteiger partial charge in [-0.25, -0.2) is 0 Å². The number of rotatable bonds is 8. The number of nitrogens with one attached hydrogen (secondary N) is 1. The van der Waals surface area contributed by atoms with Crippen molar-refractivity contribution in [2.75, 3.05) is 6.54 Å². The Morgan fingerprint density at radius 3 is 2.50 bits per heavy atom. The highest BCUT2D eigenvalue weighted by atomic mass is 14.9. The molecule has 0 bridgehead atoms. The summed E-state index contributed by atoms with van der Waals surface area (Å²) in [6, 6.07) is 0.843. The maximum atomic E-state index is 3.82. The Labute approximate surface area is 102 Å². The Balaban J connectivity index is 2.11. The van der Waals surface area contributed by atoms with Crippen molar-refractivity contribution in [3.05, 3.63) is 0 Å². The van der Waals surface area contributed by atoms with Gasteiger partial charge in [-0.15, -0.1) is 0 Å². The van der Waals surface area contributed by atoms with Crippen molar-refractivity contribution in [2.24, 2.45) is 5.92 Å². The zero-order valence-electron chi connectivity index (χ0n) is 11.4. The lowest BCUT2D eigenvalue weighted by atomic mass is 9.82. The second-order valence-electron chi connectivity index (χ2n) is 5.45. The molecule has 1 nitrogen and oxygen atoms in total. The van der Waals surface area contributed by atoms with Crippen LogP contribution in [0.4, 0.5) is 0 Å². The lowest BCUT2D eigenvalue weighted by Crippen LogP contribution is -2.39. The van der Waals surface area contributed by atoms with Crippen LogP contribution in [0.3, 0.4) is 0 Å². The normalized spacial score (nSPS) is 25.9. The van der Waals surface area contributed by atoms with Crippen molar-refractivity contribution >= 4 is 0 Å². The molecular formula is C15H31N.